The largest absolute Gasteiger partial charge is 0.490 e. The number of nitrogens with zero attached hydrogens (tertiary/aromatic N) is 3. The molecule has 1 fully saturated rings. The van der Waals surface area contributed by atoms with E-state index in [0.29, 0.717) is 31.9 Å². The molecule has 4 rings (SSSR count). The van der Waals surface area contributed by atoms with Gasteiger partial charge in [0.05, 0.1) is 12.0 Å². The number of nitro benzene ring substituents is 1. The molecule has 2 N–H and O–H groups in total. The van der Waals surface area contributed by atoms with E-state index in [1.54, 1.807) is 0 Å². The monoisotopic (exact) mass is 533 g/mol. The van der Waals surface area contributed by atoms with Crippen LogP contribution >= 0.6 is 12.2 Å². The Morgan fingerprint density at radius 1 is 1.00 bits per heavy atom. The van der Waals surface area contributed by atoms with Gasteiger partial charge >= 0.3 is 5.69 Å². The Morgan fingerprint density at radius 3 is 2.32 bits per heavy atom. The third-order valence-corrected chi connectivity index (χ3v) is 6.50. The molecule has 0 spiro atoms. The van der Waals surface area contributed by atoms with Gasteiger partial charge in [0, 0.05) is 54.7 Å². The van der Waals surface area contributed by atoms with E-state index in [1.807, 2.05) is 60.4 Å². The van der Waals surface area contributed by atoms with Crippen molar-refractivity contribution in [3.05, 3.63) is 93.5 Å². The van der Waals surface area contributed by atoms with E-state index in [0.717, 1.165) is 22.9 Å². The zero-order valence-corrected chi connectivity index (χ0v) is 21.8. The molecular weight excluding hydrogens is 506 g/mol. The minimum absolute atomic E-state index is 0.0575. The fourth-order valence-corrected chi connectivity index (χ4v) is 4.43. The Hall–Kier alpha value is -4.51. The molecule has 1 saturated heterocycles. The highest BCUT2D eigenvalue weighted by Gasteiger charge is 2.23. The number of aryl methyl sites for hydroxylation is 1. The number of carbonyl (C=O) groups excluding carboxylic acids is 2. The molecule has 3 aromatic carbocycles. The van der Waals surface area contributed by atoms with Crippen LogP contribution in [0.2, 0.25) is 0 Å². The zero-order chi connectivity index (χ0) is 27.2. The summed E-state index contributed by atoms with van der Waals surface area (Å²) in [7, 11) is 1.32. The Labute approximate surface area is 225 Å². The van der Waals surface area contributed by atoms with Crippen LogP contribution in [0.4, 0.5) is 17.1 Å². The number of methoxy groups -OCH3 is 1. The van der Waals surface area contributed by atoms with Gasteiger partial charge in [0.15, 0.2) is 10.9 Å². The van der Waals surface area contributed by atoms with Crippen LogP contribution in [0.3, 0.4) is 0 Å². The fraction of sp³-hybridized carbons (Fsp3) is 0.222. The van der Waals surface area contributed by atoms with Gasteiger partial charge in [-0.25, -0.2) is 0 Å². The molecule has 0 bridgehead atoms. The van der Waals surface area contributed by atoms with Gasteiger partial charge in [-0.1, -0.05) is 18.2 Å². The van der Waals surface area contributed by atoms with Crippen molar-refractivity contribution in [2.75, 3.05) is 43.5 Å². The first kappa shape index (κ1) is 26.6. The molecule has 196 valence electrons. The third-order valence-electron chi connectivity index (χ3n) is 6.30. The maximum absolute atomic E-state index is 12.9. The average Bonchev–Trinajstić information content (AvgIpc) is 2.93. The molecule has 0 aromatic heterocycles. The number of hydrogen-bond acceptors (Lipinski definition) is 7. The SMILES string of the molecule is COc1ccc(C(=O)NC(=S)Nc2ccc(N3CCN(C(=O)c4ccccc4C)CC3)cc2)cc1[N+](=O)[O-]. The minimum atomic E-state index is -0.615. The molecule has 3 aromatic rings. The highest BCUT2D eigenvalue weighted by molar-refractivity contribution is 7.80. The van der Waals surface area contributed by atoms with Crippen LogP contribution in [-0.4, -0.2) is 60.0 Å². The molecule has 2 amide bonds. The van der Waals surface area contributed by atoms with Gasteiger partial charge in [-0.2, -0.15) is 0 Å². The Morgan fingerprint density at radius 2 is 1.68 bits per heavy atom. The molecular formula is C27H27N5O5S. The summed E-state index contributed by atoms with van der Waals surface area (Å²) in [6.45, 7) is 4.64. The zero-order valence-electron chi connectivity index (χ0n) is 21.0. The average molecular weight is 534 g/mol. The molecule has 0 atom stereocenters. The number of hydrogen-bond donors (Lipinski definition) is 2. The van der Waals surface area contributed by atoms with Gasteiger partial charge in [0.25, 0.3) is 11.8 Å². The maximum atomic E-state index is 12.9. The normalized spacial score (nSPS) is 13.0. The van der Waals surface area contributed by atoms with Crippen LogP contribution < -0.4 is 20.3 Å². The summed E-state index contributed by atoms with van der Waals surface area (Å²) in [4.78, 5) is 40.1. The lowest BCUT2D eigenvalue weighted by Crippen LogP contribution is -2.48. The number of carbonyl (C=O) groups is 2. The topological polar surface area (TPSA) is 117 Å². The van der Waals surface area contributed by atoms with E-state index < -0.39 is 10.8 Å². The summed E-state index contributed by atoms with van der Waals surface area (Å²) in [6, 6.07) is 19.1. The van der Waals surface area contributed by atoms with Crippen LogP contribution in [0.15, 0.2) is 66.7 Å². The van der Waals surface area contributed by atoms with Crippen molar-refractivity contribution in [2.24, 2.45) is 0 Å². The summed E-state index contributed by atoms with van der Waals surface area (Å²) < 4.78 is 4.96. The van der Waals surface area contributed by atoms with Gasteiger partial charge in [0.2, 0.25) is 0 Å². The van der Waals surface area contributed by atoms with Crippen molar-refractivity contribution in [1.82, 2.24) is 10.2 Å². The van der Waals surface area contributed by atoms with Crippen LogP contribution in [0.5, 0.6) is 5.75 Å². The van der Waals surface area contributed by atoms with E-state index in [4.69, 9.17) is 17.0 Å². The van der Waals surface area contributed by atoms with Gasteiger partial charge in [-0.15, -0.1) is 0 Å². The predicted molar refractivity (Wildman–Crippen MR) is 149 cm³/mol. The standard InChI is InChI=1S/C27H27N5O5S/c1-18-5-3-4-6-22(18)26(34)31-15-13-30(14-16-31)21-10-8-20(9-11-21)28-27(38)29-25(33)19-7-12-24(37-2)23(17-19)32(35)36/h3-12,17H,13-16H2,1-2H3,(H2,28,29,33,38). The first-order valence-corrected chi connectivity index (χ1v) is 12.3. The number of benzene rings is 3. The summed E-state index contributed by atoms with van der Waals surface area (Å²) >= 11 is 5.24. The second kappa shape index (κ2) is 11.7. The quantitative estimate of drug-likeness (QED) is 0.277. The number of anilines is 2. The molecule has 38 heavy (non-hydrogen) atoms. The highest BCUT2D eigenvalue weighted by Crippen LogP contribution is 2.27. The number of ether oxygens (including phenoxy) is 1. The first-order chi connectivity index (χ1) is 18.3. The van der Waals surface area contributed by atoms with E-state index in [-0.39, 0.29) is 28.0 Å². The highest BCUT2D eigenvalue weighted by atomic mass is 32.1. The van der Waals surface area contributed by atoms with Gasteiger partial charge in [-0.3, -0.25) is 25.0 Å². The summed E-state index contributed by atoms with van der Waals surface area (Å²) in [5.41, 5.74) is 3.17. The number of amides is 2. The summed E-state index contributed by atoms with van der Waals surface area (Å²) in [6.07, 6.45) is 0. The van der Waals surface area contributed by atoms with Crippen molar-refractivity contribution in [1.29, 1.82) is 0 Å². The van der Waals surface area contributed by atoms with E-state index >= 15 is 0 Å². The molecule has 1 aliphatic heterocycles. The Kier molecular flexibility index (Phi) is 8.17. The van der Waals surface area contributed by atoms with Crippen molar-refractivity contribution < 1.29 is 19.2 Å². The molecule has 11 heteroatoms. The van der Waals surface area contributed by atoms with Crippen molar-refractivity contribution in [2.45, 2.75) is 6.92 Å². The Balaban J connectivity index is 1.30. The van der Waals surface area contributed by atoms with Crippen molar-refractivity contribution in [3.63, 3.8) is 0 Å². The second-order valence-electron chi connectivity index (χ2n) is 8.69. The Bertz CT molecular complexity index is 1370. The lowest BCUT2D eigenvalue weighted by atomic mass is 10.1. The number of nitro groups is 1. The summed E-state index contributed by atoms with van der Waals surface area (Å²) in [5, 5.41) is 16.7. The smallest absolute Gasteiger partial charge is 0.311 e. The lowest BCUT2D eigenvalue weighted by Gasteiger charge is -2.36. The number of rotatable bonds is 6. The second-order valence-corrected chi connectivity index (χ2v) is 9.10. The predicted octanol–water partition coefficient (Wildman–Crippen LogP) is 4.00. The number of thiocarbonyl (C=S) groups is 1. The van der Waals surface area contributed by atoms with Crippen LogP contribution in [0.1, 0.15) is 26.3 Å². The summed E-state index contributed by atoms with van der Waals surface area (Å²) in [5.74, 6) is -0.461. The van der Waals surface area contributed by atoms with Gasteiger partial charge in [-0.05, 0) is 67.2 Å². The molecule has 1 heterocycles. The van der Waals surface area contributed by atoms with Crippen molar-refractivity contribution in [3.8, 4) is 5.75 Å². The molecule has 0 radical (unpaired) electrons. The van der Waals surface area contributed by atoms with Crippen molar-refractivity contribution >= 4 is 46.2 Å². The fourth-order valence-electron chi connectivity index (χ4n) is 4.22. The molecule has 0 saturated carbocycles. The molecule has 1 aliphatic rings. The van der Waals surface area contributed by atoms with Crippen LogP contribution in [0, 0.1) is 17.0 Å². The molecule has 0 aliphatic carbocycles. The van der Waals surface area contributed by atoms with E-state index in [1.165, 1.54) is 19.2 Å². The van der Waals surface area contributed by atoms with E-state index in [9.17, 15) is 19.7 Å². The lowest BCUT2D eigenvalue weighted by molar-refractivity contribution is -0.385. The molecule has 0 unspecified atom stereocenters. The first-order valence-electron chi connectivity index (χ1n) is 11.9. The maximum Gasteiger partial charge on any atom is 0.311 e. The number of nitrogens with one attached hydrogen (secondary N) is 2. The van der Waals surface area contributed by atoms with Crippen LogP contribution in [0.25, 0.3) is 0 Å². The minimum Gasteiger partial charge on any atom is -0.490 e. The molecule has 10 nitrogen and oxygen atoms in total. The van der Waals surface area contributed by atoms with E-state index in [2.05, 4.69) is 15.5 Å². The van der Waals surface area contributed by atoms with Crippen LogP contribution in [-0.2, 0) is 0 Å². The van der Waals surface area contributed by atoms with Gasteiger partial charge in [0.1, 0.15) is 0 Å². The number of piperazine rings is 1. The third kappa shape index (κ3) is 6.06. The van der Waals surface area contributed by atoms with Gasteiger partial charge < -0.3 is 19.9 Å².